The molecule has 0 aromatic heterocycles. The highest BCUT2D eigenvalue weighted by Crippen LogP contribution is 2.12. The second kappa shape index (κ2) is 3.31. The van der Waals surface area contributed by atoms with Crippen LogP contribution in [-0.4, -0.2) is 11.4 Å². The van der Waals surface area contributed by atoms with Gasteiger partial charge in [0.1, 0.15) is 23.9 Å². The van der Waals surface area contributed by atoms with Crippen LogP contribution in [0.4, 0.5) is 0 Å². The minimum absolute atomic E-state index is 0.716. The van der Waals surface area contributed by atoms with Crippen LogP contribution in [0.3, 0.4) is 0 Å². The van der Waals surface area contributed by atoms with Crippen LogP contribution in [0.1, 0.15) is 0 Å². The Balaban J connectivity index is 2.18. The third-order valence-electron chi connectivity index (χ3n) is 1.24. The highest BCUT2D eigenvalue weighted by molar-refractivity contribution is 7.93. The summed E-state index contributed by atoms with van der Waals surface area (Å²) in [5.41, 5.74) is 3.83. The summed E-state index contributed by atoms with van der Waals surface area (Å²) in [7, 11) is 0. The molecule has 5 nitrogen and oxygen atoms in total. The minimum atomic E-state index is 0.716. The van der Waals surface area contributed by atoms with Crippen molar-refractivity contribution in [2.45, 2.75) is 0 Å². The Hall–Kier alpha value is -1.43. The smallest absolute Gasteiger partial charge is 0.201 e. The Morgan fingerprint density at radius 1 is 1.25 bits per heavy atom. The predicted octanol–water partition coefficient (Wildman–Crippen LogP) is 0.939. The van der Waals surface area contributed by atoms with E-state index in [1.165, 1.54) is 6.26 Å². The molecule has 0 bridgehead atoms. The Morgan fingerprint density at radius 3 is 2.83 bits per heavy atom. The van der Waals surface area contributed by atoms with Gasteiger partial charge in [0.2, 0.25) is 12.2 Å². The first-order valence-electron chi connectivity index (χ1n) is 3.19. The third-order valence-corrected chi connectivity index (χ3v) is 1.70. The van der Waals surface area contributed by atoms with Crippen LogP contribution in [0.2, 0.25) is 0 Å². The molecule has 0 aromatic rings. The van der Waals surface area contributed by atoms with Crippen LogP contribution in [0, 0.1) is 0 Å². The number of hydrogen-bond donors (Lipinski definition) is 1. The summed E-state index contributed by atoms with van der Waals surface area (Å²) in [5.74, 6) is 0. The number of hydrazone groups is 1. The van der Waals surface area contributed by atoms with E-state index in [1.807, 2.05) is 0 Å². The molecule has 62 valence electrons. The molecule has 0 radical (unpaired) electrons. The molecule has 2 rings (SSSR count). The molecule has 2 aliphatic heterocycles. The van der Waals surface area contributed by atoms with E-state index in [-0.39, 0.29) is 0 Å². The second-order valence-electron chi connectivity index (χ2n) is 1.96. The lowest BCUT2D eigenvalue weighted by atomic mass is 10.2. The van der Waals surface area contributed by atoms with Crippen LogP contribution in [0.15, 0.2) is 34.2 Å². The fraction of sp³-hybridized carbons (Fsp3) is 0. The molecule has 0 amide bonds. The molecule has 0 saturated carbocycles. The first kappa shape index (κ1) is 7.23. The van der Waals surface area contributed by atoms with E-state index in [2.05, 4.69) is 19.9 Å². The Kier molecular flexibility index (Phi) is 2.00. The number of nitrogens with zero attached hydrogens (tertiary/aromatic N) is 2. The van der Waals surface area contributed by atoms with Crippen molar-refractivity contribution < 1.29 is 9.02 Å². The molecular weight excluding hydrogens is 178 g/mol. The molecular formula is C6H5N3O2S. The van der Waals surface area contributed by atoms with Gasteiger partial charge in [-0.25, -0.2) is 0 Å². The molecule has 0 atom stereocenters. The van der Waals surface area contributed by atoms with Gasteiger partial charge in [0.25, 0.3) is 0 Å². The molecule has 0 aromatic carbocycles. The monoisotopic (exact) mass is 183 g/mol. The Labute approximate surface area is 73.1 Å². The average molecular weight is 183 g/mol. The predicted molar refractivity (Wildman–Crippen MR) is 46.0 cm³/mol. The fourth-order valence-corrected chi connectivity index (χ4v) is 1.11. The van der Waals surface area contributed by atoms with Crippen molar-refractivity contribution in [1.82, 2.24) is 5.59 Å². The van der Waals surface area contributed by atoms with Gasteiger partial charge in [0, 0.05) is 12.2 Å². The zero-order valence-electron chi connectivity index (χ0n) is 5.93. The van der Waals surface area contributed by atoms with Gasteiger partial charge in [0.15, 0.2) is 0 Å². The van der Waals surface area contributed by atoms with Gasteiger partial charge in [-0.1, -0.05) is 0 Å². The maximum absolute atomic E-state index is 4.81. The lowest BCUT2D eigenvalue weighted by Crippen LogP contribution is -2.18. The first-order chi connectivity index (χ1) is 5.97. The van der Waals surface area contributed by atoms with Gasteiger partial charge >= 0.3 is 0 Å². The SMILES string of the molecule is C1=CC(C2=NSOC=C2)=NNO1. The van der Waals surface area contributed by atoms with E-state index in [1.54, 1.807) is 18.4 Å². The number of rotatable bonds is 1. The van der Waals surface area contributed by atoms with E-state index in [4.69, 9.17) is 4.18 Å². The maximum atomic E-state index is 4.81. The van der Waals surface area contributed by atoms with Crippen LogP contribution in [0.5, 0.6) is 0 Å². The van der Waals surface area contributed by atoms with E-state index >= 15 is 0 Å². The standard InChI is InChI=1S/C6H5N3O2S/c1-3-10-9-7-5(1)6-2-4-11-12-8-6/h1-4,9H. The molecule has 2 aliphatic rings. The van der Waals surface area contributed by atoms with Gasteiger partial charge in [-0.05, 0) is 0 Å². The molecule has 12 heavy (non-hydrogen) atoms. The Morgan fingerprint density at radius 2 is 2.17 bits per heavy atom. The lowest BCUT2D eigenvalue weighted by Gasteiger charge is -2.08. The van der Waals surface area contributed by atoms with Crippen molar-refractivity contribution in [2.75, 3.05) is 0 Å². The number of nitrogens with one attached hydrogen (secondary N) is 1. The summed E-state index contributed by atoms with van der Waals surface area (Å²) in [6.07, 6.45) is 6.50. The quantitative estimate of drug-likeness (QED) is 0.485. The maximum Gasteiger partial charge on any atom is 0.201 e. The van der Waals surface area contributed by atoms with E-state index in [9.17, 15) is 0 Å². The molecule has 1 N–H and O–H groups in total. The normalized spacial score (nSPS) is 20.0. The Bertz CT molecular complexity index is 265. The van der Waals surface area contributed by atoms with Crippen LogP contribution >= 0.6 is 12.2 Å². The van der Waals surface area contributed by atoms with E-state index in [0.717, 1.165) is 17.9 Å². The van der Waals surface area contributed by atoms with E-state index < -0.39 is 0 Å². The average Bonchev–Trinajstić information content (AvgIpc) is 2.21. The molecule has 0 unspecified atom stereocenters. The van der Waals surface area contributed by atoms with Gasteiger partial charge in [-0.3, -0.25) is 0 Å². The van der Waals surface area contributed by atoms with Crippen molar-refractivity contribution in [2.24, 2.45) is 9.50 Å². The molecule has 0 saturated heterocycles. The molecule has 6 heteroatoms. The largest absolute Gasteiger partial charge is 0.412 e. The first-order valence-corrected chi connectivity index (χ1v) is 3.89. The summed E-state index contributed by atoms with van der Waals surface area (Å²) in [6.45, 7) is 0. The summed E-state index contributed by atoms with van der Waals surface area (Å²) in [5, 5.41) is 3.86. The molecule has 0 fully saturated rings. The van der Waals surface area contributed by atoms with Crippen LogP contribution in [0.25, 0.3) is 0 Å². The lowest BCUT2D eigenvalue weighted by molar-refractivity contribution is 0.135. The third kappa shape index (κ3) is 1.42. The van der Waals surface area contributed by atoms with Crippen molar-refractivity contribution in [3.8, 4) is 0 Å². The minimum Gasteiger partial charge on any atom is -0.412 e. The highest BCUT2D eigenvalue weighted by atomic mass is 32.2. The van der Waals surface area contributed by atoms with Gasteiger partial charge < -0.3 is 9.02 Å². The van der Waals surface area contributed by atoms with E-state index in [0.29, 0.717) is 5.71 Å². The van der Waals surface area contributed by atoms with Crippen molar-refractivity contribution in [3.63, 3.8) is 0 Å². The van der Waals surface area contributed by atoms with Gasteiger partial charge in [-0.2, -0.15) is 4.40 Å². The number of allylic oxidation sites excluding steroid dienone is 2. The van der Waals surface area contributed by atoms with Crippen molar-refractivity contribution >= 4 is 23.7 Å². The fourth-order valence-electron chi connectivity index (χ4n) is 0.726. The highest BCUT2D eigenvalue weighted by Gasteiger charge is 2.08. The van der Waals surface area contributed by atoms with Gasteiger partial charge in [-0.15, -0.1) is 10.7 Å². The zero-order valence-corrected chi connectivity index (χ0v) is 6.75. The van der Waals surface area contributed by atoms with Crippen LogP contribution in [-0.2, 0) is 9.02 Å². The topological polar surface area (TPSA) is 55.2 Å². The molecule has 0 spiro atoms. The zero-order chi connectivity index (χ0) is 8.23. The number of hydrogen-bond acceptors (Lipinski definition) is 6. The van der Waals surface area contributed by atoms with Gasteiger partial charge in [0.05, 0.1) is 0 Å². The summed E-state index contributed by atoms with van der Waals surface area (Å²) < 4.78 is 8.81. The summed E-state index contributed by atoms with van der Waals surface area (Å²) in [6, 6.07) is 0. The second-order valence-corrected chi connectivity index (χ2v) is 2.48. The van der Waals surface area contributed by atoms with Crippen molar-refractivity contribution in [1.29, 1.82) is 0 Å². The molecule has 0 aliphatic carbocycles. The van der Waals surface area contributed by atoms with Crippen molar-refractivity contribution in [3.05, 3.63) is 24.7 Å². The summed E-state index contributed by atoms with van der Waals surface area (Å²) in [4.78, 5) is 4.66. The van der Waals surface area contributed by atoms with Crippen LogP contribution < -0.4 is 5.59 Å². The molecule has 2 heterocycles. The summed E-state index contributed by atoms with van der Waals surface area (Å²) >= 11 is 1.01.